The van der Waals surface area contributed by atoms with Gasteiger partial charge in [-0.25, -0.2) is 13.2 Å². The maximum atomic E-state index is 12.1. The Morgan fingerprint density at radius 3 is 2.67 bits per heavy atom. The first kappa shape index (κ1) is 14.5. The highest BCUT2D eigenvalue weighted by Crippen LogP contribution is 2.39. The number of carboxylic acids is 1. The van der Waals surface area contributed by atoms with Gasteiger partial charge in [0, 0.05) is 4.88 Å². The standard InChI is InChI=1S/C13H15NO5S2/c15-11(7-4-5-21(18,19)6-7)14-12-10(13(16)17)8-2-1-3-9(8)20-12/h7H,1-6H2,(H,14,15)(H,16,17). The van der Waals surface area contributed by atoms with Crippen LogP contribution in [0.4, 0.5) is 5.00 Å². The molecule has 0 saturated carbocycles. The van der Waals surface area contributed by atoms with Crippen molar-refractivity contribution >= 4 is 38.1 Å². The lowest BCUT2D eigenvalue weighted by Crippen LogP contribution is -2.24. The number of carbonyl (C=O) groups excluding carboxylic acids is 1. The number of aromatic carboxylic acids is 1. The molecule has 1 amide bonds. The zero-order valence-corrected chi connectivity index (χ0v) is 12.8. The first-order chi connectivity index (χ1) is 9.87. The summed E-state index contributed by atoms with van der Waals surface area (Å²) in [5, 5.41) is 12.3. The quantitative estimate of drug-likeness (QED) is 0.871. The van der Waals surface area contributed by atoms with E-state index in [0.717, 1.165) is 29.7 Å². The van der Waals surface area contributed by atoms with Crippen LogP contribution in [0, 0.1) is 5.92 Å². The van der Waals surface area contributed by atoms with Crippen LogP contribution in [0.15, 0.2) is 0 Å². The number of hydrogen-bond donors (Lipinski definition) is 2. The predicted octanol–water partition coefficient (Wildman–Crippen LogP) is 1.31. The number of anilines is 1. The summed E-state index contributed by atoms with van der Waals surface area (Å²) in [6.07, 6.45) is 2.81. The van der Waals surface area contributed by atoms with Gasteiger partial charge < -0.3 is 10.4 Å². The molecule has 8 heteroatoms. The second-order valence-electron chi connectivity index (χ2n) is 5.46. The summed E-state index contributed by atoms with van der Waals surface area (Å²) in [7, 11) is -3.13. The summed E-state index contributed by atoms with van der Waals surface area (Å²) in [6, 6.07) is 0. The molecule has 2 aliphatic rings. The fourth-order valence-electron chi connectivity index (χ4n) is 2.93. The predicted molar refractivity (Wildman–Crippen MR) is 78.7 cm³/mol. The van der Waals surface area contributed by atoms with E-state index >= 15 is 0 Å². The van der Waals surface area contributed by atoms with E-state index in [2.05, 4.69) is 5.32 Å². The van der Waals surface area contributed by atoms with Crippen LogP contribution >= 0.6 is 11.3 Å². The molecule has 3 rings (SSSR count). The molecule has 1 saturated heterocycles. The van der Waals surface area contributed by atoms with E-state index in [-0.39, 0.29) is 17.1 Å². The minimum atomic E-state index is -3.13. The fraction of sp³-hybridized carbons (Fsp3) is 0.538. The van der Waals surface area contributed by atoms with E-state index in [0.29, 0.717) is 11.4 Å². The summed E-state index contributed by atoms with van der Waals surface area (Å²) in [4.78, 5) is 24.6. The molecule has 1 unspecified atom stereocenters. The van der Waals surface area contributed by atoms with Crippen molar-refractivity contribution < 1.29 is 23.1 Å². The normalized spacial score (nSPS) is 23.0. The maximum absolute atomic E-state index is 12.1. The van der Waals surface area contributed by atoms with Crippen LogP contribution in [-0.2, 0) is 27.5 Å². The average Bonchev–Trinajstić information content (AvgIpc) is 3.02. The molecule has 2 N–H and O–H groups in total. The topological polar surface area (TPSA) is 101 Å². The number of carbonyl (C=O) groups is 2. The lowest BCUT2D eigenvalue weighted by atomic mass is 10.1. The fourth-order valence-corrected chi connectivity index (χ4v) is 5.96. The molecule has 0 radical (unpaired) electrons. The highest BCUT2D eigenvalue weighted by Gasteiger charge is 2.34. The number of fused-ring (bicyclic) bond motifs is 1. The molecule has 0 bridgehead atoms. The second-order valence-corrected chi connectivity index (χ2v) is 8.79. The average molecular weight is 329 g/mol. The molecule has 6 nitrogen and oxygen atoms in total. The van der Waals surface area contributed by atoms with E-state index in [4.69, 9.17) is 0 Å². The summed E-state index contributed by atoms with van der Waals surface area (Å²) in [5.41, 5.74) is 1.00. The van der Waals surface area contributed by atoms with Crippen molar-refractivity contribution in [2.24, 2.45) is 5.92 Å². The van der Waals surface area contributed by atoms with Gasteiger partial charge >= 0.3 is 5.97 Å². The van der Waals surface area contributed by atoms with Crippen LogP contribution in [0.2, 0.25) is 0 Å². The van der Waals surface area contributed by atoms with E-state index in [1.807, 2.05) is 0 Å². The van der Waals surface area contributed by atoms with E-state index in [9.17, 15) is 23.1 Å². The van der Waals surface area contributed by atoms with Gasteiger partial charge in [-0.15, -0.1) is 11.3 Å². The van der Waals surface area contributed by atoms with Gasteiger partial charge in [-0.2, -0.15) is 0 Å². The number of thiophene rings is 1. The molecule has 114 valence electrons. The van der Waals surface area contributed by atoms with Crippen LogP contribution in [-0.4, -0.2) is 36.9 Å². The number of nitrogens with one attached hydrogen (secondary N) is 1. The van der Waals surface area contributed by atoms with Gasteiger partial charge in [0.1, 0.15) is 5.00 Å². The van der Waals surface area contributed by atoms with Gasteiger partial charge in [0.25, 0.3) is 0 Å². The van der Waals surface area contributed by atoms with Gasteiger partial charge in [-0.1, -0.05) is 0 Å². The number of aryl methyl sites for hydroxylation is 1. The Bertz CT molecular complexity index is 719. The maximum Gasteiger partial charge on any atom is 0.339 e. The van der Waals surface area contributed by atoms with Crippen molar-refractivity contribution in [2.45, 2.75) is 25.7 Å². The van der Waals surface area contributed by atoms with Gasteiger partial charge in [-0.05, 0) is 31.2 Å². The molecular weight excluding hydrogens is 314 g/mol. The molecule has 1 fully saturated rings. The van der Waals surface area contributed by atoms with Gasteiger partial charge in [0.05, 0.1) is 23.0 Å². The van der Waals surface area contributed by atoms with E-state index in [1.165, 1.54) is 11.3 Å². The third kappa shape index (κ3) is 2.69. The summed E-state index contributed by atoms with van der Waals surface area (Å²) in [6.45, 7) is 0. The molecule has 1 aromatic heterocycles. The molecular formula is C13H15NO5S2. The van der Waals surface area contributed by atoms with Crippen molar-refractivity contribution in [1.29, 1.82) is 0 Å². The van der Waals surface area contributed by atoms with E-state index in [1.54, 1.807) is 0 Å². The molecule has 0 aromatic carbocycles. The van der Waals surface area contributed by atoms with Crippen molar-refractivity contribution in [3.05, 3.63) is 16.0 Å². The smallest absolute Gasteiger partial charge is 0.339 e. The Labute approximate surface area is 126 Å². The summed E-state index contributed by atoms with van der Waals surface area (Å²) in [5.74, 6) is -2.12. The van der Waals surface area contributed by atoms with Crippen LogP contribution in [0.1, 0.15) is 33.6 Å². The monoisotopic (exact) mass is 329 g/mol. The number of rotatable bonds is 3. The van der Waals surface area contributed by atoms with Crippen molar-refractivity contribution in [1.82, 2.24) is 0 Å². The molecule has 21 heavy (non-hydrogen) atoms. The third-order valence-electron chi connectivity index (χ3n) is 3.98. The van der Waals surface area contributed by atoms with Crippen molar-refractivity contribution in [3.8, 4) is 0 Å². The Balaban J connectivity index is 1.83. The van der Waals surface area contributed by atoms with Crippen LogP contribution in [0.3, 0.4) is 0 Å². The number of carboxylic acid groups (broad SMARTS) is 1. The summed E-state index contributed by atoms with van der Waals surface area (Å²) < 4.78 is 22.8. The SMILES string of the molecule is O=C(O)c1c(NC(=O)C2CCS(=O)(=O)C2)sc2c1CCC2. The number of amides is 1. The lowest BCUT2D eigenvalue weighted by Gasteiger charge is -2.09. The Kier molecular flexibility index (Phi) is 3.53. The molecule has 1 aliphatic carbocycles. The van der Waals surface area contributed by atoms with Crippen LogP contribution < -0.4 is 5.32 Å². The Morgan fingerprint density at radius 1 is 1.29 bits per heavy atom. The van der Waals surface area contributed by atoms with E-state index < -0.39 is 27.6 Å². The molecule has 1 atom stereocenters. The highest BCUT2D eigenvalue weighted by molar-refractivity contribution is 7.91. The lowest BCUT2D eigenvalue weighted by molar-refractivity contribution is -0.119. The Hall–Kier alpha value is -1.41. The van der Waals surface area contributed by atoms with Gasteiger partial charge in [-0.3, -0.25) is 4.79 Å². The third-order valence-corrected chi connectivity index (χ3v) is 6.95. The zero-order valence-electron chi connectivity index (χ0n) is 11.2. The van der Waals surface area contributed by atoms with Crippen molar-refractivity contribution in [3.63, 3.8) is 0 Å². The Morgan fingerprint density at radius 2 is 2.05 bits per heavy atom. The highest BCUT2D eigenvalue weighted by atomic mass is 32.2. The first-order valence-electron chi connectivity index (χ1n) is 6.76. The van der Waals surface area contributed by atoms with Crippen LogP contribution in [0.5, 0.6) is 0 Å². The molecule has 0 spiro atoms. The molecule has 2 heterocycles. The minimum absolute atomic E-state index is 0.0256. The van der Waals surface area contributed by atoms with Gasteiger partial charge in [0.15, 0.2) is 9.84 Å². The number of hydrogen-bond acceptors (Lipinski definition) is 5. The largest absolute Gasteiger partial charge is 0.478 e. The molecule has 1 aliphatic heterocycles. The van der Waals surface area contributed by atoms with Crippen molar-refractivity contribution in [2.75, 3.05) is 16.8 Å². The molecule has 1 aromatic rings. The zero-order chi connectivity index (χ0) is 15.2. The van der Waals surface area contributed by atoms with Crippen LogP contribution in [0.25, 0.3) is 0 Å². The minimum Gasteiger partial charge on any atom is -0.478 e. The first-order valence-corrected chi connectivity index (χ1v) is 9.40. The number of sulfone groups is 1. The van der Waals surface area contributed by atoms with Gasteiger partial charge in [0.2, 0.25) is 5.91 Å². The summed E-state index contributed by atoms with van der Waals surface area (Å²) >= 11 is 1.30. The second kappa shape index (κ2) is 5.10.